The van der Waals surface area contributed by atoms with Crippen LogP contribution in [0.5, 0.6) is 0 Å². The first-order valence-corrected chi connectivity index (χ1v) is 5.94. The van der Waals surface area contributed by atoms with Crippen molar-refractivity contribution in [2.45, 2.75) is 25.5 Å². The molecule has 1 saturated heterocycles. The smallest absolute Gasteiger partial charge is 0.151 e. The minimum Gasteiger partial charge on any atom is -0.397 e. The normalized spacial score (nSPS) is 21.3. The minimum atomic E-state index is -0.0883. The highest BCUT2D eigenvalue weighted by Gasteiger charge is 2.10. The van der Waals surface area contributed by atoms with Gasteiger partial charge in [-0.1, -0.05) is 0 Å². The van der Waals surface area contributed by atoms with Gasteiger partial charge in [0.25, 0.3) is 0 Å². The Hall–Kier alpha value is -1.95. The quantitative estimate of drug-likeness (QED) is 0.613. The van der Waals surface area contributed by atoms with Gasteiger partial charge in [-0.2, -0.15) is 0 Å². The second kappa shape index (κ2) is 6.11. The number of nitrogens with zero attached hydrogens (tertiary/aromatic N) is 3. The van der Waals surface area contributed by atoms with Gasteiger partial charge < -0.3 is 16.2 Å². The van der Waals surface area contributed by atoms with Crippen molar-refractivity contribution in [3.05, 3.63) is 24.0 Å². The number of hydrogen-bond acceptors (Lipinski definition) is 4. The molecule has 0 amide bonds. The van der Waals surface area contributed by atoms with Crippen LogP contribution >= 0.6 is 0 Å². The van der Waals surface area contributed by atoms with Crippen LogP contribution < -0.4 is 11.5 Å². The van der Waals surface area contributed by atoms with Crippen molar-refractivity contribution in [1.82, 2.24) is 4.98 Å². The van der Waals surface area contributed by atoms with E-state index in [1.54, 1.807) is 18.3 Å². The Labute approximate surface area is 106 Å². The number of pyridine rings is 1. The SMILES string of the molecule is NC(=NC=NC1CCCCO1)c1ccc(N)cn1. The lowest BCUT2D eigenvalue weighted by Gasteiger charge is -2.17. The van der Waals surface area contributed by atoms with E-state index in [4.69, 9.17) is 16.2 Å². The summed E-state index contributed by atoms with van der Waals surface area (Å²) in [5.74, 6) is 0.314. The summed E-state index contributed by atoms with van der Waals surface area (Å²) in [7, 11) is 0. The number of nitrogen functional groups attached to an aromatic ring is 1. The van der Waals surface area contributed by atoms with Crippen LogP contribution in [0.15, 0.2) is 28.3 Å². The third-order valence-corrected chi connectivity index (χ3v) is 2.63. The van der Waals surface area contributed by atoms with Gasteiger partial charge in [0.2, 0.25) is 0 Å². The molecule has 1 aromatic heterocycles. The molecule has 0 bridgehead atoms. The first-order chi connectivity index (χ1) is 8.75. The van der Waals surface area contributed by atoms with Crippen molar-refractivity contribution in [1.29, 1.82) is 0 Å². The van der Waals surface area contributed by atoms with Crippen molar-refractivity contribution in [3.63, 3.8) is 0 Å². The Bertz CT molecular complexity index is 434. The molecule has 1 aliphatic heterocycles. The molecule has 6 heteroatoms. The zero-order valence-electron chi connectivity index (χ0n) is 10.1. The molecule has 0 aliphatic carbocycles. The highest BCUT2D eigenvalue weighted by molar-refractivity contribution is 5.99. The standard InChI is InChI=1S/C12H17N5O/c13-9-4-5-10(15-7-9)12(14)17-8-16-11-3-1-2-6-18-11/h4-5,7-8,11H,1-3,6,13H2,(H2,14,16,17). The van der Waals surface area contributed by atoms with Gasteiger partial charge in [0.1, 0.15) is 18.3 Å². The van der Waals surface area contributed by atoms with Gasteiger partial charge in [-0.25, -0.2) is 9.98 Å². The third kappa shape index (κ3) is 3.53. The van der Waals surface area contributed by atoms with Crippen LogP contribution in [0, 0.1) is 0 Å². The summed E-state index contributed by atoms with van der Waals surface area (Å²) in [6, 6.07) is 3.45. The predicted octanol–water partition coefficient (Wildman–Crippen LogP) is 0.924. The third-order valence-electron chi connectivity index (χ3n) is 2.63. The Balaban J connectivity index is 1.95. The van der Waals surface area contributed by atoms with Crippen molar-refractivity contribution in [2.24, 2.45) is 15.7 Å². The molecule has 1 aromatic rings. The fourth-order valence-electron chi connectivity index (χ4n) is 1.63. The minimum absolute atomic E-state index is 0.0883. The fraction of sp³-hybridized carbons (Fsp3) is 0.417. The summed E-state index contributed by atoms with van der Waals surface area (Å²) in [6.07, 6.45) is 6.07. The van der Waals surface area contributed by atoms with Gasteiger partial charge in [0, 0.05) is 6.61 Å². The summed E-state index contributed by atoms with van der Waals surface area (Å²) in [5.41, 5.74) is 12.5. The lowest BCUT2D eigenvalue weighted by atomic mass is 10.2. The molecule has 18 heavy (non-hydrogen) atoms. The Morgan fingerprint density at radius 3 is 3.00 bits per heavy atom. The number of hydrogen-bond donors (Lipinski definition) is 2. The molecule has 1 unspecified atom stereocenters. The summed E-state index contributed by atoms with van der Waals surface area (Å²) in [4.78, 5) is 12.3. The van der Waals surface area contributed by atoms with Gasteiger partial charge in [0.05, 0.1) is 11.9 Å². The second-order valence-corrected chi connectivity index (χ2v) is 4.08. The number of ether oxygens (including phenoxy) is 1. The topological polar surface area (TPSA) is 98.9 Å². The van der Waals surface area contributed by atoms with Crippen molar-refractivity contribution >= 4 is 17.9 Å². The van der Waals surface area contributed by atoms with Gasteiger partial charge in [0.15, 0.2) is 5.84 Å². The van der Waals surface area contributed by atoms with E-state index in [-0.39, 0.29) is 6.23 Å². The number of aromatic nitrogens is 1. The molecule has 4 N–H and O–H groups in total. The van der Waals surface area contributed by atoms with E-state index in [1.165, 1.54) is 6.34 Å². The predicted molar refractivity (Wildman–Crippen MR) is 71.5 cm³/mol. The van der Waals surface area contributed by atoms with E-state index in [1.807, 2.05) is 0 Å². The Morgan fingerprint density at radius 1 is 1.44 bits per heavy atom. The van der Waals surface area contributed by atoms with Crippen molar-refractivity contribution in [3.8, 4) is 0 Å². The summed E-state index contributed by atoms with van der Waals surface area (Å²) in [6.45, 7) is 0.765. The van der Waals surface area contributed by atoms with E-state index in [2.05, 4.69) is 15.0 Å². The largest absolute Gasteiger partial charge is 0.397 e. The molecule has 6 nitrogen and oxygen atoms in total. The molecule has 0 saturated carbocycles. The van der Waals surface area contributed by atoms with Gasteiger partial charge in [-0.3, -0.25) is 4.98 Å². The fourth-order valence-corrected chi connectivity index (χ4v) is 1.63. The maximum atomic E-state index is 5.78. The molecule has 0 radical (unpaired) electrons. The molecule has 2 rings (SSSR count). The highest BCUT2D eigenvalue weighted by atomic mass is 16.5. The van der Waals surface area contributed by atoms with E-state index < -0.39 is 0 Å². The second-order valence-electron chi connectivity index (χ2n) is 4.08. The van der Waals surface area contributed by atoms with Crippen LogP contribution in [0.25, 0.3) is 0 Å². The van der Waals surface area contributed by atoms with E-state index in [9.17, 15) is 0 Å². The Morgan fingerprint density at radius 2 is 2.33 bits per heavy atom. The van der Waals surface area contributed by atoms with Crippen molar-refractivity contribution < 1.29 is 4.74 Å². The first kappa shape index (κ1) is 12.5. The first-order valence-electron chi connectivity index (χ1n) is 5.94. The summed E-state index contributed by atoms with van der Waals surface area (Å²) >= 11 is 0. The maximum absolute atomic E-state index is 5.78. The lowest BCUT2D eigenvalue weighted by Crippen LogP contribution is -2.18. The molecule has 1 aliphatic rings. The molecule has 0 spiro atoms. The van der Waals surface area contributed by atoms with E-state index in [0.717, 1.165) is 25.9 Å². The van der Waals surface area contributed by atoms with Crippen LogP contribution in [0.4, 0.5) is 5.69 Å². The molecule has 1 atom stereocenters. The van der Waals surface area contributed by atoms with E-state index in [0.29, 0.717) is 17.2 Å². The van der Waals surface area contributed by atoms with E-state index >= 15 is 0 Å². The van der Waals surface area contributed by atoms with Gasteiger partial charge >= 0.3 is 0 Å². The lowest BCUT2D eigenvalue weighted by molar-refractivity contribution is 0.0226. The summed E-state index contributed by atoms with van der Waals surface area (Å²) in [5, 5.41) is 0. The zero-order valence-corrected chi connectivity index (χ0v) is 10.1. The van der Waals surface area contributed by atoms with Gasteiger partial charge in [-0.05, 0) is 31.4 Å². The summed E-state index contributed by atoms with van der Waals surface area (Å²) < 4.78 is 5.44. The van der Waals surface area contributed by atoms with Crippen LogP contribution in [-0.2, 0) is 4.74 Å². The molecule has 0 aromatic carbocycles. The van der Waals surface area contributed by atoms with Crippen molar-refractivity contribution in [2.75, 3.05) is 12.3 Å². The molecular weight excluding hydrogens is 230 g/mol. The number of rotatable bonds is 3. The van der Waals surface area contributed by atoms with Crippen LogP contribution in [0.3, 0.4) is 0 Å². The molecule has 1 fully saturated rings. The maximum Gasteiger partial charge on any atom is 0.151 e. The van der Waals surface area contributed by atoms with Crippen LogP contribution in [-0.4, -0.2) is 30.0 Å². The molecule has 96 valence electrons. The number of aliphatic imine (C=N–C) groups is 2. The average Bonchev–Trinajstić information content (AvgIpc) is 2.40. The highest BCUT2D eigenvalue weighted by Crippen LogP contribution is 2.12. The number of nitrogens with two attached hydrogens (primary N) is 2. The Kier molecular flexibility index (Phi) is 4.25. The molecular formula is C12H17N5O. The number of amidine groups is 1. The van der Waals surface area contributed by atoms with Crippen LogP contribution in [0.1, 0.15) is 25.0 Å². The molecule has 2 heterocycles. The van der Waals surface area contributed by atoms with Gasteiger partial charge in [-0.15, -0.1) is 0 Å². The van der Waals surface area contributed by atoms with Crippen LogP contribution in [0.2, 0.25) is 0 Å². The average molecular weight is 247 g/mol. The monoisotopic (exact) mass is 247 g/mol. The number of anilines is 1. The zero-order chi connectivity index (χ0) is 12.8.